The van der Waals surface area contributed by atoms with Gasteiger partial charge in [-0.15, -0.1) is 0 Å². The standard InChI is InChI=1S/C39H28O8/c1-19-12-26-24-7-6-23(41)18-33(24)45-39(28-8-9-29(42)25-10-11-38(2,3)47-37(25)28)36(26)27(13-19)35-30(43)14-21(16-34(35)46-39)31-15-20-4-5-22(40)17-32(20)44-31/h4-18,40-43H,1-3H3. The van der Waals surface area contributed by atoms with Crippen LogP contribution < -0.4 is 14.2 Å². The molecule has 0 radical (unpaired) electrons. The van der Waals surface area contributed by atoms with Crippen LogP contribution in [0.4, 0.5) is 0 Å². The first kappa shape index (κ1) is 27.3. The van der Waals surface area contributed by atoms with E-state index in [1.54, 1.807) is 54.6 Å². The molecule has 1 aromatic heterocycles. The van der Waals surface area contributed by atoms with E-state index in [9.17, 15) is 20.4 Å². The number of phenols is 4. The maximum Gasteiger partial charge on any atom is 0.310 e. The summed E-state index contributed by atoms with van der Waals surface area (Å²) in [6, 6.07) is 22.4. The third-order valence-corrected chi connectivity index (χ3v) is 9.06. The molecule has 0 fully saturated rings. The van der Waals surface area contributed by atoms with Gasteiger partial charge in [-0.2, -0.15) is 0 Å². The van der Waals surface area contributed by atoms with Gasteiger partial charge in [0, 0.05) is 34.2 Å². The van der Waals surface area contributed by atoms with Crippen LogP contribution in [0.2, 0.25) is 0 Å². The molecule has 1 unspecified atom stereocenters. The van der Waals surface area contributed by atoms with Crippen molar-refractivity contribution in [2.24, 2.45) is 0 Å². The van der Waals surface area contributed by atoms with E-state index in [1.165, 1.54) is 6.07 Å². The third kappa shape index (κ3) is 3.88. The normalized spacial score (nSPS) is 17.9. The molecule has 4 N–H and O–H groups in total. The van der Waals surface area contributed by atoms with E-state index in [2.05, 4.69) is 0 Å². The molecule has 0 spiro atoms. The molecule has 9 rings (SSSR count). The maximum absolute atomic E-state index is 11.7. The predicted molar refractivity (Wildman–Crippen MR) is 176 cm³/mol. The van der Waals surface area contributed by atoms with Gasteiger partial charge in [0.25, 0.3) is 0 Å². The monoisotopic (exact) mass is 624 g/mol. The summed E-state index contributed by atoms with van der Waals surface area (Å²) in [4.78, 5) is 0. The Morgan fingerprint density at radius 2 is 1.43 bits per heavy atom. The molecule has 0 aliphatic carbocycles. The first-order valence-electron chi connectivity index (χ1n) is 15.2. The number of rotatable bonds is 2. The largest absolute Gasteiger partial charge is 0.508 e. The number of hydrogen-bond acceptors (Lipinski definition) is 8. The van der Waals surface area contributed by atoms with Crippen LogP contribution in [0.1, 0.15) is 36.1 Å². The fourth-order valence-electron chi connectivity index (χ4n) is 7.00. The van der Waals surface area contributed by atoms with Gasteiger partial charge >= 0.3 is 5.79 Å². The number of aromatic hydroxyl groups is 4. The second-order valence-corrected chi connectivity index (χ2v) is 12.9. The van der Waals surface area contributed by atoms with E-state index in [0.29, 0.717) is 62.0 Å². The van der Waals surface area contributed by atoms with Crippen molar-refractivity contribution in [3.63, 3.8) is 0 Å². The highest BCUT2D eigenvalue weighted by Crippen LogP contribution is 2.61. The van der Waals surface area contributed by atoms with Crippen molar-refractivity contribution in [3.8, 4) is 73.8 Å². The summed E-state index contributed by atoms with van der Waals surface area (Å²) in [5.41, 5.74) is 5.65. The molecule has 3 aliphatic rings. The number of ether oxygens (including phenoxy) is 3. The van der Waals surface area contributed by atoms with E-state index in [4.69, 9.17) is 18.6 Å². The highest BCUT2D eigenvalue weighted by atomic mass is 16.7. The fraction of sp³-hybridized carbons (Fsp3) is 0.128. The van der Waals surface area contributed by atoms with Crippen molar-refractivity contribution < 1.29 is 39.1 Å². The van der Waals surface area contributed by atoms with Crippen LogP contribution in [-0.2, 0) is 5.79 Å². The van der Waals surface area contributed by atoms with Gasteiger partial charge in [-0.25, -0.2) is 0 Å². The fourth-order valence-corrected chi connectivity index (χ4v) is 7.00. The zero-order valence-corrected chi connectivity index (χ0v) is 25.6. The summed E-state index contributed by atoms with van der Waals surface area (Å²) in [7, 11) is 0. The lowest BCUT2D eigenvalue weighted by Gasteiger charge is -2.45. The van der Waals surface area contributed by atoms with Crippen molar-refractivity contribution in [3.05, 3.63) is 107 Å². The van der Waals surface area contributed by atoms with Gasteiger partial charge in [-0.3, -0.25) is 0 Å². The van der Waals surface area contributed by atoms with Crippen molar-refractivity contribution in [2.45, 2.75) is 32.2 Å². The Labute approximate surface area is 269 Å². The van der Waals surface area contributed by atoms with Crippen LogP contribution in [0.3, 0.4) is 0 Å². The number of fused-ring (bicyclic) bond motifs is 6. The molecule has 8 heteroatoms. The molecule has 5 aromatic carbocycles. The lowest BCUT2D eigenvalue weighted by molar-refractivity contribution is -0.0904. The molecule has 1 atom stereocenters. The number of aryl methyl sites for hydroxylation is 1. The number of hydrogen-bond donors (Lipinski definition) is 4. The Morgan fingerprint density at radius 1 is 0.660 bits per heavy atom. The zero-order valence-electron chi connectivity index (χ0n) is 25.6. The van der Waals surface area contributed by atoms with Crippen LogP contribution in [0.15, 0.2) is 89.4 Å². The summed E-state index contributed by atoms with van der Waals surface area (Å²) in [6.45, 7) is 5.82. The Hall–Kier alpha value is -6.02. The van der Waals surface area contributed by atoms with Crippen LogP contribution in [0.25, 0.3) is 50.6 Å². The topological polar surface area (TPSA) is 122 Å². The molecule has 0 saturated heterocycles. The Kier molecular flexibility index (Phi) is 5.25. The molecule has 6 aromatic rings. The van der Waals surface area contributed by atoms with Crippen molar-refractivity contribution in [2.75, 3.05) is 0 Å². The third-order valence-electron chi connectivity index (χ3n) is 9.06. The summed E-state index contributed by atoms with van der Waals surface area (Å²) >= 11 is 0. The van der Waals surface area contributed by atoms with Crippen molar-refractivity contribution in [1.82, 2.24) is 0 Å². The van der Waals surface area contributed by atoms with Crippen LogP contribution >= 0.6 is 0 Å². The Balaban J connectivity index is 1.36. The van der Waals surface area contributed by atoms with Gasteiger partial charge in [-0.1, -0.05) is 12.1 Å². The predicted octanol–water partition coefficient (Wildman–Crippen LogP) is 8.73. The van der Waals surface area contributed by atoms with Gasteiger partial charge < -0.3 is 39.1 Å². The minimum atomic E-state index is -1.67. The lowest BCUT2D eigenvalue weighted by atomic mass is 9.78. The van der Waals surface area contributed by atoms with Crippen LogP contribution in [-0.4, -0.2) is 26.0 Å². The summed E-state index contributed by atoms with van der Waals surface area (Å²) < 4.78 is 26.6. The molecule has 0 amide bonds. The van der Waals surface area contributed by atoms with E-state index in [1.807, 2.05) is 51.1 Å². The minimum absolute atomic E-state index is 0.0215. The molecule has 4 heterocycles. The van der Waals surface area contributed by atoms with Gasteiger partial charge in [0.2, 0.25) is 0 Å². The quantitative estimate of drug-likeness (QED) is 0.151. The molecule has 232 valence electrons. The minimum Gasteiger partial charge on any atom is -0.508 e. The van der Waals surface area contributed by atoms with Crippen molar-refractivity contribution in [1.29, 1.82) is 0 Å². The van der Waals surface area contributed by atoms with Crippen molar-refractivity contribution >= 4 is 17.0 Å². The van der Waals surface area contributed by atoms with E-state index in [-0.39, 0.29) is 23.0 Å². The number of phenolic OH excluding ortho intramolecular Hbond substituents is 4. The summed E-state index contributed by atoms with van der Waals surface area (Å²) in [5, 5.41) is 44.0. The van der Waals surface area contributed by atoms with Gasteiger partial charge in [0.15, 0.2) is 0 Å². The van der Waals surface area contributed by atoms with Crippen LogP contribution in [0, 0.1) is 6.92 Å². The van der Waals surface area contributed by atoms with E-state index < -0.39 is 11.4 Å². The molecule has 0 bridgehead atoms. The first-order valence-corrected chi connectivity index (χ1v) is 15.2. The molecule has 0 saturated carbocycles. The van der Waals surface area contributed by atoms with Crippen LogP contribution in [0.5, 0.6) is 40.2 Å². The molecular weight excluding hydrogens is 596 g/mol. The van der Waals surface area contributed by atoms with E-state index >= 15 is 0 Å². The average molecular weight is 625 g/mol. The Bertz CT molecular complexity index is 2380. The number of benzene rings is 5. The average Bonchev–Trinajstić information content (AvgIpc) is 3.43. The number of furan rings is 1. The summed E-state index contributed by atoms with van der Waals surface area (Å²) in [5.74, 6) is 0.0207. The first-order chi connectivity index (χ1) is 22.5. The van der Waals surface area contributed by atoms with Gasteiger partial charge in [0.1, 0.15) is 57.2 Å². The molecule has 47 heavy (non-hydrogen) atoms. The van der Waals surface area contributed by atoms with Gasteiger partial charge in [0.05, 0.1) is 22.3 Å². The molecule has 3 aliphatic heterocycles. The smallest absolute Gasteiger partial charge is 0.310 e. The van der Waals surface area contributed by atoms with Gasteiger partial charge in [-0.05, 0) is 98.6 Å². The highest BCUT2D eigenvalue weighted by molar-refractivity contribution is 5.93. The van der Waals surface area contributed by atoms with E-state index in [0.717, 1.165) is 22.1 Å². The molecule has 8 nitrogen and oxygen atoms in total. The molecular formula is C39H28O8. The SMILES string of the molecule is Cc1cc2c3c(c1)-c1c(O)cc(-c4cc5ccc(O)cc5o4)cc1OC3(c1ccc(O)c3c1OC(C)(C)C=C3)Oc1cc(O)ccc1-2. The second kappa shape index (κ2) is 9.04. The second-order valence-electron chi connectivity index (χ2n) is 12.9. The Morgan fingerprint density at radius 3 is 2.28 bits per heavy atom. The maximum atomic E-state index is 11.7. The zero-order chi connectivity index (χ0) is 32.4. The summed E-state index contributed by atoms with van der Waals surface area (Å²) in [6.07, 6.45) is 3.71. The lowest BCUT2D eigenvalue weighted by Crippen LogP contribution is -2.46. The highest BCUT2D eigenvalue weighted by Gasteiger charge is 2.53.